The summed E-state index contributed by atoms with van der Waals surface area (Å²) in [5.74, 6) is 0. The molecule has 0 spiro atoms. The summed E-state index contributed by atoms with van der Waals surface area (Å²) in [5.41, 5.74) is 1.75. The minimum Gasteiger partial charge on any atom is -0.392 e. The Balaban J connectivity index is 3.17. The molecule has 0 aliphatic rings. The molecule has 0 unspecified atom stereocenters. The highest BCUT2D eigenvalue weighted by Gasteiger charge is 2.14. The van der Waals surface area contributed by atoms with Gasteiger partial charge in [-0.25, -0.2) is 0 Å². The van der Waals surface area contributed by atoms with Crippen molar-refractivity contribution in [1.29, 1.82) is 0 Å². The Morgan fingerprint density at radius 3 is 2.69 bits per heavy atom. The van der Waals surface area contributed by atoms with E-state index in [-0.39, 0.29) is 6.61 Å². The molecule has 88 valence electrons. The summed E-state index contributed by atoms with van der Waals surface area (Å²) in [5, 5.41) is 9.97. The number of aliphatic hydroxyl groups excluding tert-OH is 1. The van der Waals surface area contributed by atoms with Crippen LogP contribution in [0.25, 0.3) is 0 Å². The van der Waals surface area contributed by atoms with Gasteiger partial charge in [0.2, 0.25) is 0 Å². The molecule has 0 saturated carbocycles. The van der Waals surface area contributed by atoms with Crippen LogP contribution in [-0.4, -0.2) is 17.7 Å². The van der Waals surface area contributed by atoms with E-state index in [0.717, 1.165) is 17.8 Å². The lowest BCUT2D eigenvalue weighted by molar-refractivity contribution is 0.282. The average molecular weight is 240 g/mol. The first-order valence-electron chi connectivity index (χ1n) is 5.37. The van der Waals surface area contributed by atoms with E-state index in [0.29, 0.717) is 11.1 Å². The second-order valence-corrected chi connectivity index (χ2v) is 4.34. The molecule has 0 aromatic heterocycles. The highest BCUT2D eigenvalue weighted by molar-refractivity contribution is 6.31. The molecule has 2 nitrogen and oxygen atoms in total. The Bertz CT molecular complexity index is 363. The van der Waals surface area contributed by atoms with Crippen LogP contribution in [0.15, 0.2) is 30.9 Å². The Hall–Kier alpha value is -0.990. The van der Waals surface area contributed by atoms with Gasteiger partial charge in [0.15, 0.2) is 0 Å². The molecular formula is C13H18ClNO. The second-order valence-electron chi connectivity index (χ2n) is 3.93. The molecule has 1 rings (SSSR count). The highest BCUT2D eigenvalue weighted by atomic mass is 35.5. The van der Waals surface area contributed by atoms with Gasteiger partial charge in [0.25, 0.3) is 0 Å². The lowest BCUT2D eigenvalue weighted by atomic mass is 10.1. The van der Waals surface area contributed by atoms with Crippen molar-refractivity contribution in [1.82, 2.24) is 0 Å². The van der Waals surface area contributed by atoms with Gasteiger partial charge < -0.3 is 10.0 Å². The van der Waals surface area contributed by atoms with Crippen molar-refractivity contribution in [2.75, 3.05) is 11.4 Å². The predicted molar refractivity (Wildman–Crippen MR) is 70.1 cm³/mol. The number of aliphatic hydroxyl groups is 1. The molecule has 0 bridgehead atoms. The van der Waals surface area contributed by atoms with Gasteiger partial charge in [0, 0.05) is 28.9 Å². The summed E-state index contributed by atoms with van der Waals surface area (Å²) < 4.78 is 0. The van der Waals surface area contributed by atoms with E-state index in [9.17, 15) is 5.11 Å². The normalized spacial score (nSPS) is 10.6. The van der Waals surface area contributed by atoms with Crippen LogP contribution in [0.1, 0.15) is 19.4 Å². The first-order valence-corrected chi connectivity index (χ1v) is 5.75. The van der Waals surface area contributed by atoms with Crippen LogP contribution in [0.2, 0.25) is 5.02 Å². The number of nitrogens with zero attached hydrogens (tertiary/aromatic N) is 1. The highest BCUT2D eigenvalue weighted by Crippen LogP contribution is 2.28. The van der Waals surface area contributed by atoms with E-state index < -0.39 is 0 Å². The molecule has 16 heavy (non-hydrogen) atoms. The standard InChI is InChI=1S/C13H18ClNO/c1-4-8-15(10(2)3)13-7-5-6-12(14)11(13)9-16/h4-7,10,16H,1,8-9H2,2-3H3. The van der Waals surface area contributed by atoms with Gasteiger partial charge in [-0.15, -0.1) is 6.58 Å². The molecule has 0 amide bonds. The zero-order valence-corrected chi connectivity index (χ0v) is 10.5. The number of hydrogen-bond acceptors (Lipinski definition) is 2. The van der Waals surface area contributed by atoms with Gasteiger partial charge >= 0.3 is 0 Å². The number of rotatable bonds is 5. The molecule has 0 heterocycles. The van der Waals surface area contributed by atoms with Crippen molar-refractivity contribution in [3.05, 3.63) is 41.4 Å². The van der Waals surface area contributed by atoms with E-state index >= 15 is 0 Å². The molecule has 1 aromatic rings. The quantitative estimate of drug-likeness (QED) is 0.798. The fourth-order valence-electron chi connectivity index (χ4n) is 1.70. The molecule has 1 N–H and O–H groups in total. The molecule has 0 aliphatic carbocycles. The summed E-state index contributed by atoms with van der Waals surface area (Å²) in [4.78, 5) is 2.16. The maximum absolute atomic E-state index is 9.36. The minimum absolute atomic E-state index is 0.0463. The SMILES string of the molecule is C=CCN(c1cccc(Cl)c1CO)C(C)C. The first-order chi connectivity index (χ1) is 7.61. The lowest BCUT2D eigenvalue weighted by Crippen LogP contribution is -2.31. The molecule has 0 aliphatic heterocycles. The van der Waals surface area contributed by atoms with E-state index in [2.05, 4.69) is 25.3 Å². The molecule has 0 saturated heterocycles. The fraction of sp³-hybridized carbons (Fsp3) is 0.385. The Kier molecular flexibility index (Phi) is 4.84. The lowest BCUT2D eigenvalue weighted by Gasteiger charge is -2.29. The van der Waals surface area contributed by atoms with E-state index in [1.54, 1.807) is 6.07 Å². The Morgan fingerprint density at radius 1 is 1.50 bits per heavy atom. The minimum atomic E-state index is -0.0463. The van der Waals surface area contributed by atoms with Gasteiger partial charge in [-0.05, 0) is 26.0 Å². The Labute approximate surface area is 102 Å². The van der Waals surface area contributed by atoms with E-state index in [1.807, 2.05) is 18.2 Å². The summed E-state index contributed by atoms with van der Waals surface area (Å²) in [6.07, 6.45) is 1.85. The van der Waals surface area contributed by atoms with Crippen molar-refractivity contribution < 1.29 is 5.11 Å². The van der Waals surface area contributed by atoms with Crippen LogP contribution < -0.4 is 4.90 Å². The van der Waals surface area contributed by atoms with Crippen molar-refractivity contribution in [2.45, 2.75) is 26.5 Å². The third-order valence-electron chi connectivity index (χ3n) is 2.51. The molecule has 1 aromatic carbocycles. The topological polar surface area (TPSA) is 23.5 Å². The number of anilines is 1. The molecule has 0 radical (unpaired) electrons. The zero-order chi connectivity index (χ0) is 12.1. The third kappa shape index (κ3) is 2.77. The number of halogens is 1. The van der Waals surface area contributed by atoms with Gasteiger partial charge in [-0.2, -0.15) is 0 Å². The second kappa shape index (κ2) is 5.92. The van der Waals surface area contributed by atoms with Crippen LogP contribution >= 0.6 is 11.6 Å². The predicted octanol–water partition coefficient (Wildman–Crippen LogP) is 3.23. The van der Waals surface area contributed by atoms with Gasteiger partial charge in [0.1, 0.15) is 0 Å². The Morgan fingerprint density at radius 2 is 2.19 bits per heavy atom. The third-order valence-corrected chi connectivity index (χ3v) is 2.86. The largest absolute Gasteiger partial charge is 0.392 e. The van der Waals surface area contributed by atoms with Crippen LogP contribution in [0.5, 0.6) is 0 Å². The summed E-state index contributed by atoms with van der Waals surface area (Å²) in [6.45, 7) is 8.65. The van der Waals surface area contributed by atoms with E-state index in [4.69, 9.17) is 11.6 Å². The smallest absolute Gasteiger partial charge is 0.0716 e. The summed E-state index contributed by atoms with van der Waals surface area (Å²) in [6, 6.07) is 6.00. The van der Waals surface area contributed by atoms with Crippen LogP contribution in [0.4, 0.5) is 5.69 Å². The van der Waals surface area contributed by atoms with Crippen molar-refractivity contribution in [3.63, 3.8) is 0 Å². The van der Waals surface area contributed by atoms with Gasteiger partial charge in [-0.3, -0.25) is 0 Å². The van der Waals surface area contributed by atoms with Crippen molar-refractivity contribution >= 4 is 17.3 Å². The van der Waals surface area contributed by atoms with Crippen LogP contribution in [-0.2, 0) is 6.61 Å². The summed E-state index contributed by atoms with van der Waals surface area (Å²) in [7, 11) is 0. The number of benzene rings is 1. The van der Waals surface area contributed by atoms with Crippen molar-refractivity contribution in [2.24, 2.45) is 0 Å². The monoisotopic (exact) mass is 239 g/mol. The van der Waals surface area contributed by atoms with Crippen LogP contribution in [0, 0.1) is 0 Å². The van der Waals surface area contributed by atoms with Crippen LogP contribution in [0.3, 0.4) is 0 Å². The average Bonchev–Trinajstić information content (AvgIpc) is 2.25. The molecular weight excluding hydrogens is 222 g/mol. The number of hydrogen-bond donors (Lipinski definition) is 1. The molecule has 0 atom stereocenters. The zero-order valence-electron chi connectivity index (χ0n) is 9.78. The maximum atomic E-state index is 9.36. The maximum Gasteiger partial charge on any atom is 0.0716 e. The van der Waals surface area contributed by atoms with E-state index in [1.165, 1.54) is 0 Å². The van der Waals surface area contributed by atoms with Crippen molar-refractivity contribution in [3.8, 4) is 0 Å². The first kappa shape index (κ1) is 13.1. The molecule has 0 fully saturated rings. The molecule has 3 heteroatoms. The van der Waals surface area contributed by atoms with Gasteiger partial charge in [0.05, 0.1) is 6.61 Å². The summed E-state index contributed by atoms with van der Waals surface area (Å²) >= 11 is 6.07. The van der Waals surface area contributed by atoms with Gasteiger partial charge in [-0.1, -0.05) is 23.7 Å². The fourth-order valence-corrected chi connectivity index (χ4v) is 1.93.